The van der Waals surface area contributed by atoms with Gasteiger partial charge in [-0.3, -0.25) is 0 Å². The number of rotatable bonds is 7. The molecule has 0 aliphatic heterocycles. The molecule has 0 aliphatic rings. The first-order chi connectivity index (χ1) is 14.0. The van der Waals surface area contributed by atoms with E-state index in [2.05, 4.69) is 43.1 Å². The fraction of sp³-hybridized carbons (Fsp3) is 0.280. The van der Waals surface area contributed by atoms with Crippen LogP contribution in [0.2, 0.25) is 0 Å². The summed E-state index contributed by atoms with van der Waals surface area (Å²) in [6.45, 7) is 11.9. The van der Waals surface area contributed by atoms with Crippen molar-refractivity contribution in [3.8, 4) is 17.6 Å². The molecule has 0 saturated carbocycles. The number of hydrogen-bond donors (Lipinski definition) is 0. The van der Waals surface area contributed by atoms with Crippen LogP contribution in [0, 0.1) is 17.8 Å². The fourth-order valence-corrected chi connectivity index (χ4v) is 2.17. The van der Waals surface area contributed by atoms with Gasteiger partial charge in [0.15, 0.2) is 0 Å². The summed E-state index contributed by atoms with van der Waals surface area (Å²) in [4.78, 5) is 1.79. The van der Waals surface area contributed by atoms with Gasteiger partial charge in [-0.05, 0) is 56.2 Å². The quantitative estimate of drug-likeness (QED) is 0.345. The third-order valence-corrected chi connectivity index (χ3v) is 3.81. The molecule has 0 saturated heterocycles. The summed E-state index contributed by atoms with van der Waals surface area (Å²) in [5.41, 5.74) is 3.42. The summed E-state index contributed by atoms with van der Waals surface area (Å²) in [5, 5.41) is 0. The summed E-state index contributed by atoms with van der Waals surface area (Å²) in [5.74, 6) is 6.46. The van der Waals surface area contributed by atoms with Gasteiger partial charge in [0.1, 0.15) is 5.75 Å². The van der Waals surface area contributed by atoms with Crippen LogP contribution in [-0.2, 0) is 0 Å². The topological polar surface area (TPSA) is 12.5 Å². The number of alkyl halides is 3. The average Bonchev–Trinajstić information content (AvgIpc) is 2.65. The summed E-state index contributed by atoms with van der Waals surface area (Å²) in [6.07, 6.45) is 6.65. The maximum atomic E-state index is 12.3. The Labute approximate surface area is 177 Å². The second-order valence-corrected chi connectivity index (χ2v) is 7.09. The second kappa shape index (κ2) is 11.8. The van der Waals surface area contributed by atoms with Crippen molar-refractivity contribution in [3.63, 3.8) is 0 Å². The highest BCUT2D eigenvalue weighted by Crippen LogP contribution is 2.25. The molecular formula is C25H28F3NO. The number of halogens is 3. The Morgan fingerprint density at radius 3 is 2.27 bits per heavy atom. The van der Waals surface area contributed by atoms with E-state index in [-0.39, 0.29) is 5.75 Å². The van der Waals surface area contributed by atoms with Gasteiger partial charge in [0, 0.05) is 30.1 Å². The van der Waals surface area contributed by atoms with Crippen LogP contribution in [0.25, 0.3) is 0 Å². The maximum Gasteiger partial charge on any atom is 0.573 e. The third kappa shape index (κ3) is 9.88. The monoisotopic (exact) mass is 415 g/mol. The van der Waals surface area contributed by atoms with Crippen molar-refractivity contribution in [3.05, 3.63) is 84.1 Å². The Bertz CT molecular complexity index is 885. The zero-order valence-corrected chi connectivity index (χ0v) is 18.0. The smallest absolute Gasteiger partial charge is 0.406 e. The predicted octanol–water partition coefficient (Wildman–Crippen LogP) is 7.20. The van der Waals surface area contributed by atoms with Gasteiger partial charge in [-0.25, -0.2) is 0 Å². The van der Waals surface area contributed by atoms with Crippen molar-refractivity contribution in [2.24, 2.45) is 5.92 Å². The van der Waals surface area contributed by atoms with E-state index in [1.807, 2.05) is 38.3 Å². The Hall–Kier alpha value is -3.13. The van der Waals surface area contributed by atoms with Crippen molar-refractivity contribution in [2.45, 2.75) is 34.1 Å². The van der Waals surface area contributed by atoms with Crippen LogP contribution in [0.15, 0.2) is 84.1 Å². The highest BCUT2D eigenvalue weighted by Gasteiger charge is 2.30. The summed E-state index contributed by atoms with van der Waals surface area (Å²) in [7, 11) is 1.80. The molecule has 0 aromatic heterocycles. The minimum absolute atomic E-state index is 0.255. The lowest BCUT2D eigenvalue weighted by molar-refractivity contribution is -0.274. The number of anilines is 1. The Balaban J connectivity index is 2.94. The number of hydrogen-bond acceptors (Lipinski definition) is 2. The zero-order chi connectivity index (χ0) is 22.7. The predicted molar refractivity (Wildman–Crippen MR) is 119 cm³/mol. The van der Waals surface area contributed by atoms with Gasteiger partial charge in [-0.15, -0.1) is 13.2 Å². The van der Waals surface area contributed by atoms with Gasteiger partial charge >= 0.3 is 6.36 Å². The van der Waals surface area contributed by atoms with Gasteiger partial charge in [0.2, 0.25) is 0 Å². The van der Waals surface area contributed by atoms with Crippen molar-refractivity contribution in [1.29, 1.82) is 0 Å². The van der Waals surface area contributed by atoms with Gasteiger partial charge in [-0.2, -0.15) is 0 Å². The molecule has 1 rings (SSSR count). The van der Waals surface area contributed by atoms with Crippen molar-refractivity contribution >= 4 is 5.69 Å². The lowest BCUT2D eigenvalue weighted by Gasteiger charge is -2.15. The van der Waals surface area contributed by atoms with Crippen LogP contribution < -0.4 is 9.64 Å². The molecule has 1 aromatic rings. The Morgan fingerprint density at radius 1 is 1.13 bits per heavy atom. The lowest BCUT2D eigenvalue weighted by Crippen LogP contribution is -2.17. The molecule has 2 nitrogen and oxygen atoms in total. The van der Waals surface area contributed by atoms with Crippen molar-refractivity contribution in [2.75, 3.05) is 11.9 Å². The molecule has 160 valence electrons. The molecule has 0 atom stereocenters. The highest BCUT2D eigenvalue weighted by molar-refractivity contribution is 5.53. The van der Waals surface area contributed by atoms with E-state index in [0.29, 0.717) is 11.6 Å². The fourth-order valence-electron chi connectivity index (χ4n) is 2.17. The van der Waals surface area contributed by atoms with Gasteiger partial charge in [-0.1, -0.05) is 56.1 Å². The van der Waals surface area contributed by atoms with Gasteiger partial charge in [0.25, 0.3) is 0 Å². The number of ether oxygens (including phenoxy) is 1. The number of allylic oxidation sites excluding steroid dienone is 8. The molecule has 0 bridgehead atoms. The van der Waals surface area contributed by atoms with Crippen molar-refractivity contribution < 1.29 is 17.9 Å². The first-order valence-electron chi connectivity index (χ1n) is 9.49. The average molecular weight is 415 g/mol. The number of benzene rings is 1. The molecule has 0 amide bonds. The van der Waals surface area contributed by atoms with Crippen LogP contribution in [0.5, 0.6) is 5.75 Å². The first-order valence-corrected chi connectivity index (χ1v) is 9.49. The van der Waals surface area contributed by atoms with E-state index >= 15 is 0 Å². The molecule has 0 N–H and O–H groups in total. The molecule has 0 fully saturated rings. The summed E-state index contributed by atoms with van der Waals surface area (Å²) >= 11 is 0. The normalized spacial score (nSPS) is 12.1. The summed E-state index contributed by atoms with van der Waals surface area (Å²) in [6, 6.07) is 5.67. The van der Waals surface area contributed by atoms with Crippen molar-refractivity contribution in [1.82, 2.24) is 0 Å². The Kier molecular flexibility index (Phi) is 9.77. The molecule has 0 aliphatic carbocycles. The van der Waals surface area contributed by atoms with E-state index in [1.165, 1.54) is 12.1 Å². The lowest BCUT2D eigenvalue weighted by atomic mass is 10.1. The molecular weight excluding hydrogens is 387 g/mol. The van der Waals surface area contributed by atoms with Gasteiger partial charge in [0.05, 0.1) is 0 Å². The van der Waals surface area contributed by atoms with Crippen LogP contribution >= 0.6 is 0 Å². The Morgan fingerprint density at radius 2 is 1.77 bits per heavy atom. The zero-order valence-electron chi connectivity index (χ0n) is 18.0. The molecule has 0 radical (unpaired) electrons. The second-order valence-electron chi connectivity index (χ2n) is 7.09. The van der Waals surface area contributed by atoms with Crippen LogP contribution in [0.3, 0.4) is 0 Å². The minimum Gasteiger partial charge on any atom is -0.406 e. The van der Waals surface area contributed by atoms with E-state index in [1.54, 1.807) is 30.2 Å². The molecule has 30 heavy (non-hydrogen) atoms. The molecule has 0 unspecified atom stereocenters. The first kappa shape index (κ1) is 24.9. The van der Waals surface area contributed by atoms with E-state index < -0.39 is 6.36 Å². The standard InChI is InChI=1S/C25H28F3NO/c1-7-21(10-8-9-19(2)3)11-12-22(20(4)5)17-18-29(6)23-13-15-24(16-14-23)30-25(26,27)28/h7-10,13-19H,1H2,2-6H3/b9-8-,18-17-,21-10+. The minimum atomic E-state index is -4.70. The molecule has 0 spiro atoms. The van der Waals surface area contributed by atoms with Crippen LogP contribution in [0.4, 0.5) is 18.9 Å². The van der Waals surface area contributed by atoms with Crippen LogP contribution in [0.1, 0.15) is 27.7 Å². The van der Waals surface area contributed by atoms with Crippen LogP contribution in [-0.4, -0.2) is 13.4 Å². The maximum absolute atomic E-state index is 12.3. The third-order valence-electron chi connectivity index (χ3n) is 3.81. The molecule has 0 heterocycles. The molecule has 5 heteroatoms. The van der Waals surface area contributed by atoms with E-state index in [4.69, 9.17) is 0 Å². The highest BCUT2D eigenvalue weighted by atomic mass is 19.4. The summed E-state index contributed by atoms with van der Waals surface area (Å²) < 4.78 is 40.7. The molecule has 1 aromatic carbocycles. The SMILES string of the molecule is C=C/C(C#CC(/C=C\N(C)c1ccc(OC(F)(F)F)cc1)=C(C)C)=C\C=C/C(C)C. The van der Waals surface area contributed by atoms with E-state index in [0.717, 1.165) is 16.7 Å². The van der Waals surface area contributed by atoms with Gasteiger partial charge < -0.3 is 9.64 Å². The van der Waals surface area contributed by atoms with E-state index in [9.17, 15) is 13.2 Å². The largest absolute Gasteiger partial charge is 0.573 e. The number of nitrogens with zero attached hydrogens (tertiary/aromatic N) is 1.